The Hall–Kier alpha value is -3.20. The molecule has 0 saturated heterocycles. The maximum absolute atomic E-state index is 13.3. The lowest BCUT2D eigenvalue weighted by atomic mass is 9.99. The van der Waals surface area contributed by atoms with Crippen molar-refractivity contribution < 1.29 is 30.0 Å². The predicted molar refractivity (Wildman–Crippen MR) is 114 cm³/mol. The lowest BCUT2D eigenvalue weighted by Gasteiger charge is -2.24. The molecule has 0 aliphatic heterocycles. The average molecular weight is 495 g/mol. The maximum Gasteiger partial charge on any atom is 0.416 e. The molecule has 0 amide bonds. The number of sulfonamides is 2. The summed E-state index contributed by atoms with van der Waals surface area (Å²) < 4.78 is 92.1. The summed E-state index contributed by atoms with van der Waals surface area (Å²) in [5.41, 5.74) is -0.907. The van der Waals surface area contributed by atoms with Gasteiger partial charge in [-0.15, -0.1) is 0 Å². The Morgan fingerprint density at radius 2 is 1.18 bits per heavy atom. The normalized spacial score (nSPS) is 13.4. The van der Waals surface area contributed by atoms with Crippen molar-refractivity contribution in [1.82, 2.24) is 3.71 Å². The molecule has 0 aliphatic carbocycles. The van der Waals surface area contributed by atoms with Crippen molar-refractivity contribution >= 4 is 20.0 Å². The Balaban J connectivity index is 2.09. The molecule has 1 unspecified atom stereocenters. The SMILES string of the molecule is N#CC(CN(S(=O)(=O)c1ccccc1)S(=O)(=O)c1ccccc1)c1ccc(C(F)(F)F)cc1. The fourth-order valence-corrected chi connectivity index (χ4v) is 6.73. The van der Waals surface area contributed by atoms with Gasteiger partial charge in [0.1, 0.15) is 0 Å². The maximum atomic E-state index is 13.3. The zero-order valence-corrected chi connectivity index (χ0v) is 18.5. The minimum absolute atomic E-state index is 0.0435. The van der Waals surface area contributed by atoms with Crippen molar-refractivity contribution in [3.05, 3.63) is 96.1 Å². The second-order valence-electron chi connectivity index (χ2n) is 6.89. The molecule has 3 rings (SSSR count). The Kier molecular flexibility index (Phi) is 6.92. The molecule has 33 heavy (non-hydrogen) atoms. The van der Waals surface area contributed by atoms with Crippen molar-refractivity contribution in [3.63, 3.8) is 0 Å². The van der Waals surface area contributed by atoms with Gasteiger partial charge in [-0.3, -0.25) is 0 Å². The van der Waals surface area contributed by atoms with Gasteiger partial charge in [-0.05, 0) is 42.0 Å². The molecule has 1 atom stereocenters. The van der Waals surface area contributed by atoms with Crippen LogP contribution in [0.25, 0.3) is 0 Å². The molecule has 0 saturated carbocycles. The van der Waals surface area contributed by atoms with Gasteiger partial charge in [-0.2, -0.15) is 18.4 Å². The summed E-state index contributed by atoms with van der Waals surface area (Å²) in [5.74, 6) is -1.36. The van der Waals surface area contributed by atoms with E-state index in [0.29, 0.717) is 0 Å². The number of benzene rings is 3. The minimum Gasteiger partial charge on any atom is -0.206 e. The summed E-state index contributed by atoms with van der Waals surface area (Å²) >= 11 is 0. The zero-order chi connectivity index (χ0) is 24.3. The topological polar surface area (TPSA) is 95.3 Å². The Morgan fingerprint density at radius 1 is 0.758 bits per heavy atom. The third-order valence-electron chi connectivity index (χ3n) is 4.75. The van der Waals surface area contributed by atoms with Gasteiger partial charge in [0.2, 0.25) is 0 Å². The molecule has 3 aromatic carbocycles. The van der Waals surface area contributed by atoms with Gasteiger partial charge >= 0.3 is 6.18 Å². The summed E-state index contributed by atoms with van der Waals surface area (Å²) in [5, 5.41) is 9.64. The van der Waals surface area contributed by atoms with Crippen LogP contribution in [0.15, 0.2) is 94.7 Å². The number of nitriles is 1. The first-order valence-electron chi connectivity index (χ1n) is 9.43. The summed E-state index contributed by atoms with van der Waals surface area (Å²) in [7, 11) is -9.27. The van der Waals surface area contributed by atoms with Crippen LogP contribution in [0.5, 0.6) is 0 Å². The van der Waals surface area contributed by atoms with E-state index in [0.717, 1.165) is 24.3 Å². The molecule has 0 fully saturated rings. The smallest absolute Gasteiger partial charge is 0.206 e. The van der Waals surface area contributed by atoms with Gasteiger partial charge < -0.3 is 0 Å². The Morgan fingerprint density at radius 3 is 1.55 bits per heavy atom. The van der Waals surface area contributed by atoms with Crippen LogP contribution in [0.1, 0.15) is 17.0 Å². The summed E-state index contributed by atoms with van der Waals surface area (Å²) in [4.78, 5) is -0.623. The van der Waals surface area contributed by atoms with Crippen LogP contribution in [0.2, 0.25) is 0 Å². The van der Waals surface area contributed by atoms with E-state index in [1.54, 1.807) is 18.2 Å². The van der Waals surface area contributed by atoms with Crippen molar-refractivity contribution in [3.8, 4) is 6.07 Å². The van der Waals surface area contributed by atoms with E-state index in [9.17, 15) is 35.3 Å². The zero-order valence-electron chi connectivity index (χ0n) is 16.8. The van der Waals surface area contributed by atoms with Crippen molar-refractivity contribution in [2.75, 3.05) is 6.54 Å². The van der Waals surface area contributed by atoms with Crippen molar-refractivity contribution in [1.29, 1.82) is 5.26 Å². The first-order chi connectivity index (χ1) is 15.5. The highest BCUT2D eigenvalue weighted by molar-refractivity contribution is 8.04. The third kappa shape index (κ3) is 5.24. The molecule has 0 radical (unpaired) electrons. The molecule has 11 heteroatoms. The summed E-state index contributed by atoms with van der Waals surface area (Å²) in [6.45, 7) is -0.823. The number of rotatable bonds is 7. The molecule has 6 nitrogen and oxygen atoms in total. The molecule has 3 aromatic rings. The molecule has 0 aliphatic rings. The monoisotopic (exact) mass is 494 g/mol. The number of hydrogen-bond acceptors (Lipinski definition) is 5. The highest BCUT2D eigenvalue weighted by Gasteiger charge is 2.39. The predicted octanol–water partition coefficient (Wildman–Crippen LogP) is 4.39. The van der Waals surface area contributed by atoms with Crippen LogP contribution in [0.4, 0.5) is 13.2 Å². The van der Waals surface area contributed by atoms with Crippen LogP contribution in [0, 0.1) is 11.3 Å². The number of hydrogen-bond donors (Lipinski definition) is 0. The molecule has 0 N–H and O–H groups in total. The van der Waals surface area contributed by atoms with E-state index in [4.69, 9.17) is 0 Å². The van der Waals surface area contributed by atoms with Gasteiger partial charge in [0.15, 0.2) is 0 Å². The van der Waals surface area contributed by atoms with Gasteiger partial charge in [0, 0.05) is 0 Å². The number of halogens is 3. The molecule has 0 spiro atoms. The second kappa shape index (κ2) is 9.35. The molecule has 0 aromatic heterocycles. The van der Waals surface area contributed by atoms with Crippen LogP contribution in [-0.4, -0.2) is 27.1 Å². The van der Waals surface area contributed by atoms with Crippen LogP contribution < -0.4 is 0 Å². The number of nitrogens with zero attached hydrogens (tertiary/aromatic N) is 2. The third-order valence-corrected chi connectivity index (χ3v) is 9.03. The highest BCUT2D eigenvalue weighted by Crippen LogP contribution is 2.32. The molecular weight excluding hydrogens is 477 g/mol. The van der Waals surface area contributed by atoms with E-state index in [2.05, 4.69) is 0 Å². The largest absolute Gasteiger partial charge is 0.416 e. The fourth-order valence-electron chi connectivity index (χ4n) is 3.02. The van der Waals surface area contributed by atoms with Crippen molar-refractivity contribution in [2.45, 2.75) is 21.9 Å². The second-order valence-corrected chi connectivity index (χ2v) is 10.8. The Bertz CT molecular complexity index is 1280. The molecule has 0 bridgehead atoms. The van der Waals surface area contributed by atoms with E-state index < -0.39 is 44.2 Å². The Labute approximate surface area is 189 Å². The highest BCUT2D eigenvalue weighted by atomic mass is 32.3. The average Bonchev–Trinajstić information content (AvgIpc) is 2.80. The van der Waals surface area contributed by atoms with E-state index >= 15 is 0 Å². The fraction of sp³-hybridized carbons (Fsp3) is 0.136. The van der Waals surface area contributed by atoms with Gasteiger partial charge in [-0.1, -0.05) is 52.2 Å². The summed E-state index contributed by atoms with van der Waals surface area (Å²) in [6, 6.07) is 19.0. The molecular formula is C22H17F3N2O4S2. The van der Waals surface area contributed by atoms with Gasteiger partial charge in [0.25, 0.3) is 20.0 Å². The first kappa shape index (κ1) is 24.4. The van der Waals surface area contributed by atoms with E-state index in [1.807, 2.05) is 0 Å². The molecule has 172 valence electrons. The lowest BCUT2D eigenvalue weighted by molar-refractivity contribution is -0.137. The van der Waals surface area contributed by atoms with Gasteiger partial charge in [-0.25, -0.2) is 16.8 Å². The summed E-state index contributed by atoms with van der Waals surface area (Å²) in [6.07, 6.45) is -4.60. The van der Waals surface area contributed by atoms with E-state index in [1.165, 1.54) is 48.5 Å². The lowest BCUT2D eigenvalue weighted by Crippen LogP contribution is -2.39. The first-order valence-corrected chi connectivity index (χ1v) is 12.3. The quantitative estimate of drug-likeness (QED) is 0.485. The standard InChI is InChI=1S/C22H17F3N2O4S2/c23-22(24,25)19-13-11-17(12-14-19)18(15-26)16-27(32(28,29)20-7-3-1-4-8-20)33(30,31)21-9-5-2-6-10-21/h1-14,18H,16H2. The minimum atomic E-state index is -4.64. The van der Waals surface area contributed by atoms with Crippen LogP contribution in [-0.2, 0) is 26.2 Å². The van der Waals surface area contributed by atoms with Crippen LogP contribution >= 0.6 is 0 Å². The van der Waals surface area contributed by atoms with Crippen LogP contribution in [0.3, 0.4) is 0 Å². The van der Waals surface area contributed by atoms with Gasteiger partial charge in [0.05, 0.1) is 33.9 Å². The molecule has 0 heterocycles. The van der Waals surface area contributed by atoms with E-state index in [-0.39, 0.29) is 19.1 Å². The number of alkyl halides is 3. The van der Waals surface area contributed by atoms with Crippen molar-refractivity contribution in [2.24, 2.45) is 0 Å².